The van der Waals surface area contributed by atoms with Crippen LogP contribution in [0.1, 0.15) is 36.5 Å². The van der Waals surface area contributed by atoms with Crippen LogP contribution in [0.25, 0.3) is 0 Å². The van der Waals surface area contributed by atoms with Gasteiger partial charge in [-0.3, -0.25) is 0 Å². The first-order valence-corrected chi connectivity index (χ1v) is 5.92. The van der Waals surface area contributed by atoms with Crippen molar-refractivity contribution in [1.29, 1.82) is 0 Å². The summed E-state index contributed by atoms with van der Waals surface area (Å²) in [6.07, 6.45) is 4.78. The average Bonchev–Trinajstić information content (AvgIpc) is 2.90. The second-order valence-electron chi connectivity index (χ2n) is 5.28. The molecule has 1 atom stereocenters. The Morgan fingerprint density at radius 1 is 1.40 bits per heavy atom. The molecule has 1 aliphatic heterocycles. The molecule has 1 fully saturated rings. The van der Waals surface area contributed by atoms with Gasteiger partial charge in [-0.1, -0.05) is 0 Å². The van der Waals surface area contributed by atoms with Gasteiger partial charge in [0.25, 0.3) is 0 Å². The lowest BCUT2D eigenvalue weighted by Gasteiger charge is -2.29. The highest BCUT2D eigenvalue weighted by molar-refractivity contribution is 5.18. The second-order valence-corrected chi connectivity index (χ2v) is 5.28. The van der Waals surface area contributed by atoms with Crippen LogP contribution in [0.2, 0.25) is 0 Å². The lowest BCUT2D eigenvalue weighted by Crippen LogP contribution is -2.38. The Labute approximate surface area is 90.7 Å². The Morgan fingerprint density at radius 3 is 2.80 bits per heavy atom. The Kier molecular flexibility index (Phi) is 1.78. The molecule has 2 heterocycles. The first-order valence-electron chi connectivity index (χ1n) is 5.92. The molecule has 0 aromatic carbocycles. The summed E-state index contributed by atoms with van der Waals surface area (Å²) >= 11 is 0. The molecule has 1 unspecified atom stereocenters. The van der Waals surface area contributed by atoms with Crippen molar-refractivity contribution in [2.45, 2.75) is 51.6 Å². The van der Waals surface area contributed by atoms with Crippen LogP contribution in [0.4, 0.5) is 0 Å². The minimum Gasteiger partial charge on any atom is -0.332 e. The summed E-state index contributed by atoms with van der Waals surface area (Å²) in [7, 11) is 0. The molecule has 1 aromatic rings. The number of rotatable bonds is 1. The van der Waals surface area contributed by atoms with Crippen LogP contribution in [0.3, 0.4) is 0 Å². The lowest BCUT2D eigenvalue weighted by atomic mass is 9.90. The van der Waals surface area contributed by atoms with Crippen molar-refractivity contribution < 1.29 is 0 Å². The highest BCUT2D eigenvalue weighted by Gasteiger charge is 2.46. The number of aryl methyl sites for hydroxylation is 2. The van der Waals surface area contributed by atoms with E-state index in [0.717, 1.165) is 13.0 Å². The number of nitrogens with two attached hydrogens (primary N) is 1. The predicted molar refractivity (Wildman–Crippen MR) is 59.7 cm³/mol. The predicted octanol–water partition coefficient (Wildman–Crippen LogP) is 1.55. The molecule has 1 saturated carbocycles. The molecular formula is C12H19N3. The maximum atomic E-state index is 6.30. The molecule has 82 valence electrons. The van der Waals surface area contributed by atoms with E-state index in [1.54, 1.807) is 0 Å². The zero-order valence-electron chi connectivity index (χ0n) is 9.58. The topological polar surface area (TPSA) is 43.8 Å². The van der Waals surface area contributed by atoms with E-state index in [1.165, 1.54) is 36.5 Å². The van der Waals surface area contributed by atoms with Gasteiger partial charge >= 0.3 is 0 Å². The molecule has 1 aliphatic carbocycles. The van der Waals surface area contributed by atoms with E-state index >= 15 is 0 Å². The number of hydrogen-bond acceptors (Lipinski definition) is 2. The maximum Gasteiger partial charge on any atom is 0.109 e. The van der Waals surface area contributed by atoms with E-state index < -0.39 is 0 Å². The SMILES string of the molecule is Cc1nc2n(c1C)CC(C1(N)CC1)CC2. The lowest BCUT2D eigenvalue weighted by molar-refractivity contribution is 0.292. The largest absolute Gasteiger partial charge is 0.332 e. The Hall–Kier alpha value is -0.830. The molecule has 15 heavy (non-hydrogen) atoms. The number of aromatic nitrogens is 2. The molecule has 2 N–H and O–H groups in total. The summed E-state index contributed by atoms with van der Waals surface area (Å²) in [5.74, 6) is 1.95. The van der Waals surface area contributed by atoms with Gasteiger partial charge in [-0.2, -0.15) is 0 Å². The van der Waals surface area contributed by atoms with Crippen molar-refractivity contribution in [1.82, 2.24) is 9.55 Å². The van der Waals surface area contributed by atoms with Gasteiger partial charge in [-0.25, -0.2) is 4.98 Å². The third kappa shape index (κ3) is 1.33. The molecule has 0 radical (unpaired) electrons. The maximum absolute atomic E-state index is 6.30. The van der Waals surface area contributed by atoms with Crippen molar-refractivity contribution in [3.8, 4) is 0 Å². The van der Waals surface area contributed by atoms with Crippen LogP contribution in [0.15, 0.2) is 0 Å². The van der Waals surface area contributed by atoms with Crippen molar-refractivity contribution in [3.05, 3.63) is 17.2 Å². The van der Waals surface area contributed by atoms with Gasteiger partial charge in [0.2, 0.25) is 0 Å². The Bertz CT molecular complexity index is 401. The van der Waals surface area contributed by atoms with E-state index in [0.29, 0.717) is 5.92 Å². The molecule has 0 bridgehead atoms. The number of nitrogens with zero attached hydrogens (tertiary/aromatic N) is 2. The minimum absolute atomic E-state index is 0.169. The van der Waals surface area contributed by atoms with Crippen LogP contribution in [0.5, 0.6) is 0 Å². The van der Waals surface area contributed by atoms with Gasteiger partial charge in [0.1, 0.15) is 5.82 Å². The van der Waals surface area contributed by atoms with Gasteiger partial charge in [-0.05, 0) is 39.0 Å². The number of hydrogen-bond donors (Lipinski definition) is 1. The van der Waals surface area contributed by atoms with Gasteiger partial charge in [0, 0.05) is 24.2 Å². The third-order valence-corrected chi connectivity index (χ3v) is 4.30. The van der Waals surface area contributed by atoms with Crippen molar-refractivity contribution in [2.24, 2.45) is 11.7 Å². The quantitative estimate of drug-likeness (QED) is 0.756. The molecule has 2 aliphatic rings. The first-order chi connectivity index (χ1) is 7.10. The highest BCUT2D eigenvalue weighted by Crippen LogP contribution is 2.44. The van der Waals surface area contributed by atoms with E-state index in [1.807, 2.05) is 0 Å². The summed E-state index contributed by atoms with van der Waals surface area (Å²) in [4.78, 5) is 4.61. The smallest absolute Gasteiger partial charge is 0.109 e. The van der Waals surface area contributed by atoms with Gasteiger partial charge < -0.3 is 10.3 Å². The zero-order chi connectivity index (χ0) is 10.6. The van der Waals surface area contributed by atoms with Gasteiger partial charge in [0.15, 0.2) is 0 Å². The summed E-state index contributed by atoms with van der Waals surface area (Å²) in [6.45, 7) is 5.37. The third-order valence-electron chi connectivity index (χ3n) is 4.30. The average molecular weight is 205 g/mol. The molecule has 3 nitrogen and oxygen atoms in total. The molecule has 3 rings (SSSR count). The molecular weight excluding hydrogens is 186 g/mol. The fourth-order valence-corrected chi connectivity index (χ4v) is 2.79. The number of imidazole rings is 1. The fraction of sp³-hybridized carbons (Fsp3) is 0.750. The van der Waals surface area contributed by atoms with Gasteiger partial charge in [0.05, 0.1) is 5.69 Å². The zero-order valence-corrected chi connectivity index (χ0v) is 9.58. The Morgan fingerprint density at radius 2 is 2.13 bits per heavy atom. The van der Waals surface area contributed by atoms with Gasteiger partial charge in [-0.15, -0.1) is 0 Å². The molecule has 1 aromatic heterocycles. The summed E-state index contributed by atoms with van der Waals surface area (Å²) in [5, 5.41) is 0. The monoisotopic (exact) mass is 205 g/mol. The molecule has 0 amide bonds. The van der Waals surface area contributed by atoms with E-state index in [2.05, 4.69) is 23.4 Å². The molecule has 3 heteroatoms. The first kappa shape index (κ1) is 9.40. The van der Waals surface area contributed by atoms with Crippen molar-refractivity contribution in [2.75, 3.05) is 0 Å². The molecule has 0 saturated heterocycles. The van der Waals surface area contributed by atoms with Crippen LogP contribution in [-0.2, 0) is 13.0 Å². The normalized spacial score (nSPS) is 27.5. The molecule has 0 spiro atoms. The van der Waals surface area contributed by atoms with Crippen molar-refractivity contribution >= 4 is 0 Å². The standard InChI is InChI=1S/C12H19N3/c1-8-9(2)15-7-10(12(13)5-6-12)3-4-11(15)14-8/h10H,3-7,13H2,1-2H3. The van der Waals surface area contributed by atoms with Crippen molar-refractivity contribution in [3.63, 3.8) is 0 Å². The van der Waals surface area contributed by atoms with Crippen LogP contribution in [0, 0.1) is 19.8 Å². The Balaban J connectivity index is 1.92. The van der Waals surface area contributed by atoms with Crippen LogP contribution < -0.4 is 5.73 Å². The summed E-state index contributed by atoms with van der Waals surface area (Å²) in [6, 6.07) is 0. The minimum atomic E-state index is 0.169. The summed E-state index contributed by atoms with van der Waals surface area (Å²) < 4.78 is 2.39. The highest BCUT2D eigenvalue weighted by atomic mass is 15.1. The van der Waals surface area contributed by atoms with Crippen LogP contribution in [-0.4, -0.2) is 15.1 Å². The summed E-state index contributed by atoms with van der Waals surface area (Å²) in [5.41, 5.74) is 8.99. The fourth-order valence-electron chi connectivity index (χ4n) is 2.79. The van der Waals surface area contributed by atoms with E-state index in [9.17, 15) is 0 Å². The van der Waals surface area contributed by atoms with E-state index in [4.69, 9.17) is 5.73 Å². The number of fused-ring (bicyclic) bond motifs is 1. The second kappa shape index (κ2) is 2.85. The van der Waals surface area contributed by atoms with Crippen LogP contribution >= 0.6 is 0 Å². The van der Waals surface area contributed by atoms with E-state index in [-0.39, 0.29) is 5.54 Å².